The summed E-state index contributed by atoms with van der Waals surface area (Å²) < 4.78 is 26.7. The van der Waals surface area contributed by atoms with Gasteiger partial charge in [-0.05, 0) is 26.2 Å². The molecule has 2 unspecified atom stereocenters. The van der Waals surface area contributed by atoms with E-state index in [0.29, 0.717) is 6.54 Å². The van der Waals surface area contributed by atoms with Crippen LogP contribution in [0.1, 0.15) is 33.1 Å². The molecular formula is C12H25N3O3S. The molecule has 1 fully saturated rings. The maximum Gasteiger partial charge on any atom is 0.281 e. The van der Waals surface area contributed by atoms with Gasteiger partial charge < -0.3 is 5.32 Å². The molecule has 0 bridgehead atoms. The lowest BCUT2D eigenvalue weighted by atomic mass is 9.98. The van der Waals surface area contributed by atoms with Crippen molar-refractivity contribution in [2.24, 2.45) is 5.92 Å². The molecule has 19 heavy (non-hydrogen) atoms. The number of carbonyl (C=O) groups is 1. The van der Waals surface area contributed by atoms with Crippen molar-refractivity contribution in [3.63, 3.8) is 0 Å². The van der Waals surface area contributed by atoms with Crippen molar-refractivity contribution in [2.45, 2.75) is 39.2 Å². The summed E-state index contributed by atoms with van der Waals surface area (Å²) in [6, 6.07) is 0.133. The average molecular weight is 291 g/mol. The number of piperidine rings is 1. The van der Waals surface area contributed by atoms with E-state index in [-0.39, 0.29) is 24.4 Å². The van der Waals surface area contributed by atoms with Crippen molar-refractivity contribution in [1.82, 2.24) is 13.9 Å². The second-order valence-electron chi connectivity index (χ2n) is 5.31. The fourth-order valence-corrected chi connectivity index (χ4v) is 3.25. The molecule has 1 aliphatic rings. The van der Waals surface area contributed by atoms with Gasteiger partial charge in [0.1, 0.15) is 0 Å². The van der Waals surface area contributed by atoms with Crippen molar-refractivity contribution < 1.29 is 13.2 Å². The Bertz CT molecular complexity index is 408. The van der Waals surface area contributed by atoms with Gasteiger partial charge in [0.2, 0.25) is 5.91 Å². The van der Waals surface area contributed by atoms with E-state index in [1.54, 1.807) is 0 Å². The Balaban J connectivity index is 2.67. The number of hydrogen-bond acceptors (Lipinski definition) is 3. The van der Waals surface area contributed by atoms with E-state index in [0.717, 1.165) is 19.3 Å². The topological polar surface area (TPSA) is 69.7 Å². The number of hydrogen-bond donors (Lipinski definition) is 1. The van der Waals surface area contributed by atoms with E-state index in [2.05, 4.69) is 5.32 Å². The summed E-state index contributed by atoms with van der Waals surface area (Å²) in [7, 11) is -0.390. The van der Waals surface area contributed by atoms with Gasteiger partial charge in [-0.3, -0.25) is 4.79 Å². The molecule has 1 amide bonds. The van der Waals surface area contributed by atoms with Crippen molar-refractivity contribution in [3.8, 4) is 0 Å². The van der Waals surface area contributed by atoms with Crippen molar-refractivity contribution in [2.75, 3.05) is 27.2 Å². The number of nitrogens with zero attached hydrogens (tertiary/aromatic N) is 2. The third-order valence-corrected chi connectivity index (χ3v) is 5.45. The lowest BCUT2D eigenvalue weighted by Crippen LogP contribution is -2.49. The van der Waals surface area contributed by atoms with Crippen LogP contribution in [0.4, 0.5) is 0 Å². The molecule has 0 aliphatic carbocycles. The largest absolute Gasteiger partial charge is 0.353 e. The first-order chi connectivity index (χ1) is 8.78. The minimum absolute atomic E-state index is 0.0343. The van der Waals surface area contributed by atoms with Gasteiger partial charge in [-0.15, -0.1) is 0 Å². The predicted octanol–water partition coefficient (Wildman–Crippen LogP) is 0.420. The summed E-state index contributed by atoms with van der Waals surface area (Å²) in [6.45, 7) is 4.74. The number of carbonyl (C=O) groups excluding carboxylic acids is 1. The Morgan fingerprint density at radius 1 is 1.47 bits per heavy atom. The molecule has 6 nitrogen and oxygen atoms in total. The van der Waals surface area contributed by atoms with Gasteiger partial charge in [0.05, 0.1) is 5.92 Å². The third-order valence-electron chi connectivity index (χ3n) is 3.54. The normalized spacial score (nSPS) is 23.3. The number of rotatable bonds is 5. The highest BCUT2D eigenvalue weighted by Crippen LogP contribution is 2.20. The van der Waals surface area contributed by atoms with Crippen LogP contribution in [-0.4, -0.2) is 56.2 Å². The highest BCUT2D eigenvalue weighted by Gasteiger charge is 2.33. The van der Waals surface area contributed by atoms with Crippen LogP contribution >= 0.6 is 0 Å². The molecule has 7 heteroatoms. The SMILES string of the molecule is CCC(C)NC(=O)C1CCCN(S(=O)(=O)N(C)C)C1. The molecule has 1 saturated heterocycles. The summed E-state index contributed by atoms with van der Waals surface area (Å²) >= 11 is 0. The Morgan fingerprint density at radius 2 is 2.11 bits per heavy atom. The van der Waals surface area contributed by atoms with Crippen LogP contribution < -0.4 is 5.32 Å². The lowest BCUT2D eigenvalue weighted by Gasteiger charge is -2.33. The van der Waals surface area contributed by atoms with Gasteiger partial charge in [-0.25, -0.2) is 0 Å². The highest BCUT2D eigenvalue weighted by molar-refractivity contribution is 7.86. The summed E-state index contributed by atoms with van der Waals surface area (Å²) in [4.78, 5) is 12.1. The third kappa shape index (κ3) is 4.15. The number of amides is 1. The first-order valence-electron chi connectivity index (χ1n) is 6.77. The van der Waals surface area contributed by atoms with Crippen LogP contribution in [0, 0.1) is 5.92 Å². The number of nitrogens with one attached hydrogen (secondary N) is 1. The van der Waals surface area contributed by atoms with Gasteiger partial charge in [0, 0.05) is 33.2 Å². The summed E-state index contributed by atoms with van der Waals surface area (Å²) in [5.74, 6) is -0.273. The Labute approximate surface area is 116 Å². The zero-order valence-electron chi connectivity index (χ0n) is 12.2. The van der Waals surface area contributed by atoms with E-state index in [9.17, 15) is 13.2 Å². The van der Waals surface area contributed by atoms with Crippen LogP contribution in [0.25, 0.3) is 0 Å². The van der Waals surface area contributed by atoms with Gasteiger partial charge in [-0.2, -0.15) is 17.0 Å². The van der Waals surface area contributed by atoms with E-state index in [4.69, 9.17) is 0 Å². The maximum absolute atomic E-state index is 12.1. The molecule has 0 spiro atoms. The molecule has 1 N–H and O–H groups in total. The fourth-order valence-electron chi connectivity index (χ4n) is 2.06. The molecule has 1 aliphatic heterocycles. The van der Waals surface area contributed by atoms with E-state index >= 15 is 0 Å². The standard InChI is InChI=1S/C12H25N3O3S/c1-5-10(2)13-12(16)11-7-6-8-15(9-11)19(17,18)14(3)4/h10-11H,5-9H2,1-4H3,(H,13,16). The van der Waals surface area contributed by atoms with E-state index in [1.807, 2.05) is 13.8 Å². The smallest absolute Gasteiger partial charge is 0.281 e. The summed E-state index contributed by atoms with van der Waals surface area (Å²) in [5, 5.41) is 2.93. The van der Waals surface area contributed by atoms with Gasteiger partial charge in [0.25, 0.3) is 10.2 Å². The molecule has 0 radical (unpaired) electrons. The van der Waals surface area contributed by atoms with Crippen LogP contribution in [0.2, 0.25) is 0 Å². The van der Waals surface area contributed by atoms with Crippen molar-refractivity contribution in [1.29, 1.82) is 0 Å². The second-order valence-corrected chi connectivity index (χ2v) is 7.45. The molecule has 1 heterocycles. The molecular weight excluding hydrogens is 266 g/mol. The monoisotopic (exact) mass is 291 g/mol. The van der Waals surface area contributed by atoms with Crippen LogP contribution in [0.5, 0.6) is 0 Å². The molecule has 0 aromatic carbocycles. The first kappa shape index (κ1) is 16.4. The molecule has 112 valence electrons. The van der Waals surface area contributed by atoms with E-state index < -0.39 is 10.2 Å². The van der Waals surface area contributed by atoms with Crippen LogP contribution in [-0.2, 0) is 15.0 Å². The fraction of sp³-hybridized carbons (Fsp3) is 0.917. The molecule has 0 aromatic rings. The average Bonchev–Trinajstić information content (AvgIpc) is 2.38. The van der Waals surface area contributed by atoms with Crippen molar-refractivity contribution in [3.05, 3.63) is 0 Å². The molecule has 2 atom stereocenters. The second kappa shape index (κ2) is 6.67. The Hall–Kier alpha value is -0.660. The molecule has 0 aromatic heterocycles. The zero-order chi connectivity index (χ0) is 14.6. The zero-order valence-corrected chi connectivity index (χ0v) is 13.0. The minimum Gasteiger partial charge on any atom is -0.353 e. The maximum atomic E-state index is 12.1. The molecule has 0 saturated carbocycles. The predicted molar refractivity (Wildman–Crippen MR) is 74.8 cm³/mol. The Morgan fingerprint density at radius 3 is 2.63 bits per heavy atom. The van der Waals surface area contributed by atoms with Crippen LogP contribution in [0.15, 0.2) is 0 Å². The summed E-state index contributed by atoms with van der Waals surface area (Å²) in [6.07, 6.45) is 2.35. The Kier molecular flexibility index (Phi) is 5.76. The van der Waals surface area contributed by atoms with Gasteiger partial charge in [-0.1, -0.05) is 6.92 Å². The first-order valence-corrected chi connectivity index (χ1v) is 8.16. The van der Waals surface area contributed by atoms with E-state index in [1.165, 1.54) is 22.7 Å². The minimum atomic E-state index is -3.41. The van der Waals surface area contributed by atoms with Crippen molar-refractivity contribution >= 4 is 16.1 Å². The summed E-state index contributed by atoms with van der Waals surface area (Å²) in [5.41, 5.74) is 0. The van der Waals surface area contributed by atoms with Gasteiger partial charge >= 0.3 is 0 Å². The molecule has 1 rings (SSSR count). The lowest BCUT2D eigenvalue weighted by molar-refractivity contribution is -0.126. The quantitative estimate of drug-likeness (QED) is 0.798. The van der Waals surface area contributed by atoms with Gasteiger partial charge in [0.15, 0.2) is 0 Å². The van der Waals surface area contributed by atoms with Crippen LogP contribution in [0.3, 0.4) is 0 Å². The highest BCUT2D eigenvalue weighted by atomic mass is 32.2.